The second-order valence-corrected chi connectivity index (χ2v) is 5.45. The second kappa shape index (κ2) is 6.55. The molecule has 3 nitrogen and oxygen atoms in total. The van der Waals surface area contributed by atoms with Gasteiger partial charge in [0.05, 0.1) is 6.21 Å². The molecule has 0 fully saturated rings. The molecule has 0 aromatic heterocycles. The van der Waals surface area contributed by atoms with Gasteiger partial charge in [0.1, 0.15) is 0 Å². The lowest BCUT2D eigenvalue weighted by molar-refractivity contribution is 0.0955. The Kier molecular flexibility index (Phi) is 4.76. The van der Waals surface area contributed by atoms with Gasteiger partial charge in [-0.2, -0.15) is 5.10 Å². The van der Waals surface area contributed by atoms with Gasteiger partial charge in [-0.05, 0) is 56.2 Å². The molecule has 0 saturated carbocycles. The molecule has 0 aliphatic heterocycles. The van der Waals surface area contributed by atoms with Crippen LogP contribution in [0.3, 0.4) is 0 Å². The molecule has 0 aliphatic carbocycles. The van der Waals surface area contributed by atoms with Gasteiger partial charge in [0, 0.05) is 16.1 Å². The quantitative estimate of drug-likeness (QED) is 0.675. The first-order chi connectivity index (χ1) is 9.97. The van der Waals surface area contributed by atoms with Gasteiger partial charge in [-0.25, -0.2) is 5.43 Å². The standard InChI is InChI=1S/C17H17ClN2O/c1-11-8-12(2)16(13(3)9-11)10-19-20-17(21)14-4-6-15(18)7-5-14/h4-10H,1-3H3,(H,20,21). The zero-order valence-corrected chi connectivity index (χ0v) is 13.0. The number of benzene rings is 2. The maximum atomic E-state index is 11.9. The molecule has 0 atom stereocenters. The highest BCUT2D eigenvalue weighted by atomic mass is 35.5. The molecule has 108 valence electrons. The fourth-order valence-corrected chi connectivity index (χ4v) is 2.34. The number of aryl methyl sites for hydroxylation is 3. The Morgan fingerprint density at radius 2 is 1.67 bits per heavy atom. The summed E-state index contributed by atoms with van der Waals surface area (Å²) in [7, 11) is 0. The molecule has 0 unspecified atom stereocenters. The van der Waals surface area contributed by atoms with Crippen LogP contribution in [0.1, 0.15) is 32.6 Å². The molecular formula is C17H17ClN2O. The molecule has 2 aromatic carbocycles. The first kappa shape index (κ1) is 15.3. The predicted octanol–water partition coefficient (Wildman–Crippen LogP) is 4.03. The van der Waals surface area contributed by atoms with Crippen molar-refractivity contribution in [3.63, 3.8) is 0 Å². The molecule has 0 bridgehead atoms. The van der Waals surface area contributed by atoms with E-state index in [0.29, 0.717) is 10.6 Å². The number of nitrogens with zero attached hydrogens (tertiary/aromatic N) is 1. The van der Waals surface area contributed by atoms with Crippen LogP contribution in [-0.4, -0.2) is 12.1 Å². The number of carbonyl (C=O) groups is 1. The summed E-state index contributed by atoms with van der Waals surface area (Å²) in [5.74, 6) is -0.259. The van der Waals surface area contributed by atoms with Crippen molar-refractivity contribution in [2.45, 2.75) is 20.8 Å². The van der Waals surface area contributed by atoms with E-state index in [0.717, 1.165) is 16.7 Å². The molecular weight excluding hydrogens is 284 g/mol. The van der Waals surface area contributed by atoms with Crippen LogP contribution in [0.5, 0.6) is 0 Å². The third-order valence-corrected chi connectivity index (χ3v) is 3.46. The van der Waals surface area contributed by atoms with Gasteiger partial charge in [-0.15, -0.1) is 0 Å². The third kappa shape index (κ3) is 3.92. The minimum atomic E-state index is -0.259. The zero-order chi connectivity index (χ0) is 15.4. The van der Waals surface area contributed by atoms with Gasteiger partial charge in [0.25, 0.3) is 5.91 Å². The van der Waals surface area contributed by atoms with E-state index in [2.05, 4.69) is 29.6 Å². The Labute approximate surface area is 129 Å². The number of halogens is 1. The van der Waals surface area contributed by atoms with Crippen LogP contribution in [0.4, 0.5) is 0 Å². The largest absolute Gasteiger partial charge is 0.271 e. The fourth-order valence-electron chi connectivity index (χ4n) is 2.22. The maximum Gasteiger partial charge on any atom is 0.271 e. The van der Waals surface area contributed by atoms with Crippen LogP contribution >= 0.6 is 11.6 Å². The van der Waals surface area contributed by atoms with Crippen molar-refractivity contribution in [3.8, 4) is 0 Å². The first-order valence-corrected chi connectivity index (χ1v) is 7.02. The Morgan fingerprint density at radius 1 is 1.10 bits per heavy atom. The number of hydrogen-bond donors (Lipinski definition) is 1. The summed E-state index contributed by atoms with van der Waals surface area (Å²) in [6.45, 7) is 6.12. The van der Waals surface area contributed by atoms with Gasteiger partial charge < -0.3 is 0 Å². The third-order valence-electron chi connectivity index (χ3n) is 3.20. The summed E-state index contributed by atoms with van der Waals surface area (Å²) in [4.78, 5) is 11.9. The zero-order valence-electron chi connectivity index (χ0n) is 12.3. The van der Waals surface area contributed by atoms with Gasteiger partial charge in [-0.3, -0.25) is 4.79 Å². The number of rotatable bonds is 3. The van der Waals surface area contributed by atoms with Crippen LogP contribution in [0.15, 0.2) is 41.5 Å². The normalized spacial score (nSPS) is 10.9. The van der Waals surface area contributed by atoms with Gasteiger partial charge in [0.15, 0.2) is 0 Å². The molecule has 0 spiro atoms. The van der Waals surface area contributed by atoms with Gasteiger partial charge >= 0.3 is 0 Å². The molecule has 21 heavy (non-hydrogen) atoms. The van der Waals surface area contributed by atoms with Crippen LogP contribution in [0.25, 0.3) is 0 Å². The number of amides is 1. The molecule has 0 aliphatic rings. The molecule has 0 heterocycles. The van der Waals surface area contributed by atoms with Crippen molar-refractivity contribution >= 4 is 23.7 Å². The summed E-state index contributed by atoms with van der Waals surface area (Å²) < 4.78 is 0. The van der Waals surface area contributed by atoms with E-state index in [1.165, 1.54) is 5.56 Å². The topological polar surface area (TPSA) is 41.5 Å². The number of nitrogens with one attached hydrogen (secondary N) is 1. The summed E-state index contributed by atoms with van der Waals surface area (Å²) in [5.41, 5.74) is 7.56. The van der Waals surface area contributed by atoms with E-state index in [-0.39, 0.29) is 5.91 Å². The van der Waals surface area contributed by atoms with Crippen molar-refractivity contribution in [3.05, 3.63) is 69.2 Å². The highest BCUT2D eigenvalue weighted by Crippen LogP contribution is 2.14. The average Bonchev–Trinajstić information content (AvgIpc) is 2.42. The molecule has 2 aromatic rings. The van der Waals surface area contributed by atoms with Crippen molar-refractivity contribution in [1.29, 1.82) is 0 Å². The highest BCUT2D eigenvalue weighted by molar-refractivity contribution is 6.30. The highest BCUT2D eigenvalue weighted by Gasteiger charge is 2.04. The summed E-state index contributed by atoms with van der Waals surface area (Å²) in [6.07, 6.45) is 1.68. The van der Waals surface area contributed by atoms with Crippen LogP contribution in [-0.2, 0) is 0 Å². The van der Waals surface area contributed by atoms with Crippen LogP contribution in [0.2, 0.25) is 5.02 Å². The van der Waals surface area contributed by atoms with E-state index in [1.807, 2.05) is 13.8 Å². The monoisotopic (exact) mass is 300 g/mol. The Bertz CT molecular complexity index is 667. The van der Waals surface area contributed by atoms with E-state index in [9.17, 15) is 4.79 Å². The van der Waals surface area contributed by atoms with E-state index in [4.69, 9.17) is 11.6 Å². The van der Waals surface area contributed by atoms with Crippen molar-refractivity contribution in [2.24, 2.45) is 5.10 Å². The minimum Gasteiger partial charge on any atom is -0.267 e. The smallest absolute Gasteiger partial charge is 0.267 e. The van der Waals surface area contributed by atoms with Gasteiger partial charge in [0.2, 0.25) is 0 Å². The lowest BCUT2D eigenvalue weighted by atomic mass is 10.0. The van der Waals surface area contributed by atoms with E-state index >= 15 is 0 Å². The molecule has 4 heteroatoms. The van der Waals surface area contributed by atoms with Crippen molar-refractivity contribution in [2.75, 3.05) is 0 Å². The van der Waals surface area contributed by atoms with Crippen LogP contribution < -0.4 is 5.43 Å². The molecule has 2 rings (SSSR count). The van der Waals surface area contributed by atoms with Crippen molar-refractivity contribution < 1.29 is 4.79 Å². The van der Waals surface area contributed by atoms with E-state index in [1.54, 1.807) is 30.5 Å². The predicted molar refractivity (Wildman–Crippen MR) is 87.2 cm³/mol. The lowest BCUT2D eigenvalue weighted by Gasteiger charge is -2.06. The Hall–Kier alpha value is -2.13. The Morgan fingerprint density at radius 3 is 2.24 bits per heavy atom. The first-order valence-electron chi connectivity index (χ1n) is 6.64. The molecule has 1 amide bonds. The van der Waals surface area contributed by atoms with E-state index < -0.39 is 0 Å². The minimum absolute atomic E-state index is 0.259. The molecule has 1 N–H and O–H groups in total. The SMILES string of the molecule is Cc1cc(C)c(C=NNC(=O)c2ccc(Cl)cc2)c(C)c1. The van der Waals surface area contributed by atoms with Crippen LogP contribution in [0, 0.1) is 20.8 Å². The summed E-state index contributed by atoms with van der Waals surface area (Å²) in [5, 5.41) is 4.63. The number of carbonyl (C=O) groups excluding carboxylic acids is 1. The fraction of sp³-hybridized carbons (Fsp3) is 0.176. The Balaban J connectivity index is 2.09. The number of hydrogen-bond acceptors (Lipinski definition) is 2. The molecule has 0 radical (unpaired) electrons. The lowest BCUT2D eigenvalue weighted by Crippen LogP contribution is -2.17. The summed E-state index contributed by atoms with van der Waals surface area (Å²) in [6, 6.07) is 10.9. The average molecular weight is 301 g/mol. The summed E-state index contributed by atoms with van der Waals surface area (Å²) >= 11 is 5.79. The van der Waals surface area contributed by atoms with Crippen molar-refractivity contribution in [1.82, 2.24) is 5.43 Å². The second-order valence-electron chi connectivity index (χ2n) is 5.02. The molecule has 0 saturated heterocycles. The number of hydrazone groups is 1. The maximum absolute atomic E-state index is 11.9. The van der Waals surface area contributed by atoms with Gasteiger partial charge in [-0.1, -0.05) is 29.3 Å².